The predicted molar refractivity (Wildman–Crippen MR) is 176 cm³/mol. The third kappa shape index (κ3) is 6.39. The van der Waals surface area contributed by atoms with E-state index in [1.807, 2.05) is 39.8 Å². The van der Waals surface area contributed by atoms with Gasteiger partial charge in [-0.1, -0.05) is 19.9 Å². The molecular formula is C33H35BrN8O5. The summed E-state index contributed by atoms with van der Waals surface area (Å²) in [7, 11) is 0. The van der Waals surface area contributed by atoms with Crippen LogP contribution in [0.3, 0.4) is 0 Å². The number of nitrogens with one attached hydrogen (secondary N) is 1. The van der Waals surface area contributed by atoms with Gasteiger partial charge in [0.1, 0.15) is 34.7 Å². The summed E-state index contributed by atoms with van der Waals surface area (Å²) >= 11 is 3.35. The van der Waals surface area contributed by atoms with Gasteiger partial charge < -0.3 is 20.7 Å². The van der Waals surface area contributed by atoms with E-state index in [1.165, 1.54) is 19.3 Å². The molecule has 0 unspecified atom stereocenters. The van der Waals surface area contributed by atoms with E-state index in [2.05, 4.69) is 41.3 Å². The van der Waals surface area contributed by atoms with Crippen LogP contribution in [0.2, 0.25) is 0 Å². The van der Waals surface area contributed by atoms with Crippen molar-refractivity contribution in [3.05, 3.63) is 58.1 Å². The van der Waals surface area contributed by atoms with Crippen molar-refractivity contribution in [3.8, 4) is 17.1 Å². The van der Waals surface area contributed by atoms with Gasteiger partial charge in [0.15, 0.2) is 5.78 Å². The second-order valence-corrected chi connectivity index (χ2v) is 13.4. The molecule has 3 N–H and O–H groups in total. The SMILES string of the molecule is CC(=O)c1nn(CC(=O)N2C[C@H]3C[C@H]3[C@H]2C(=O)Nc2nc(Br)ccc2C)c2c(C)cc(-c3cnc(OC(=O)[C@@H](N)C(C)C)nc3)cc12. The average Bonchev–Trinajstić information content (AvgIpc) is 3.52. The maximum atomic E-state index is 13.8. The molecule has 3 aromatic heterocycles. The molecule has 1 saturated heterocycles. The number of piperidine rings is 1. The maximum absolute atomic E-state index is 13.8. The molecule has 1 aliphatic heterocycles. The number of anilines is 1. The number of rotatable bonds is 9. The van der Waals surface area contributed by atoms with E-state index in [0.29, 0.717) is 39.0 Å². The van der Waals surface area contributed by atoms with Crippen molar-refractivity contribution in [2.75, 3.05) is 11.9 Å². The van der Waals surface area contributed by atoms with Crippen LogP contribution in [0.5, 0.6) is 6.01 Å². The summed E-state index contributed by atoms with van der Waals surface area (Å²) < 4.78 is 7.36. The molecule has 4 aromatic rings. The molecule has 13 nitrogen and oxygen atoms in total. The van der Waals surface area contributed by atoms with Crippen molar-refractivity contribution in [1.29, 1.82) is 0 Å². The zero-order valence-corrected chi connectivity index (χ0v) is 28.2. The number of ether oxygens (including phenoxy) is 1. The number of benzene rings is 1. The highest BCUT2D eigenvalue weighted by Gasteiger charge is 2.56. The molecular weight excluding hydrogens is 668 g/mol. The standard InChI is InChI=1S/C33H35BrN8O5/c1-15(2)26(35)32(46)47-33-36-11-21(12-37-33)19-8-17(4)28-23(9-19)27(18(5)43)40-42(28)14-25(44)41-13-20-10-22(20)29(41)31(45)39-30-16(3)6-7-24(34)38-30/h6-9,11-12,15,20,22,26,29H,10,13-14,35H2,1-5H3,(H,38,39,45)/t20-,22-,26+,29+/m1/s1. The van der Waals surface area contributed by atoms with Crippen molar-refractivity contribution < 1.29 is 23.9 Å². The molecule has 1 saturated carbocycles. The molecule has 1 aliphatic carbocycles. The highest BCUT2D eigenvalue weighted by atomic mass is 79.9. The van der Waals surface area contributed by atoms with Crippen molar-refractivity contribution in [1.82, 2.24) is 29.6 Å². The highest BCUT2D eigenvalue weighted by molar-refractivity contribution is 9.10. The zero-order valence-electron chi connectivity index (χ0n) is 26.7. The fourth-order valence-electron chi connectivity index (χ4n) is 6.12. The number of likely N-dealkylation sites (tertiary alicyclic amines) is 1. The number of aryl methyl sites for hydroxylation is 2. The van der Waals surface area contributed by atoms with Crippen LogP contribution in [0.25, 0.3) is 22.0 Å². The molecule has 244 valence electrons. The summed E-state index contributed by atoms with van der Waals surface area (Å²) in [5, 5.41) is 8.06. The number of nitrogens with zero attached hydrogens (tertiary/aromatic N) is 6. The van der Waals surface area contributed by atoms with E-state index < -0.39 is 18.1 Å². The Bertz CT molecular complexity index is 1920. The number of carbonyl (C=O) groups excluding carboxylic acids is 4. The van der Waals surface area contributed by atoms with Crippen LogP contribution in [0.1, 0.15) is 48.8 Å². The Hall–Kier alpha value is -4.56. The first-order chi connectivity index (χ1) is 22.3. The molecule has 4 heterocycles. The van der Waals surface area contributed by atoms with Gasteiger partial charge in [0.05, 0.1) is 5.52 Å². The first-order valence-electron chi connectivity index (χ1n) is 15.4. The first-order valence-corrected chi connectivity index (χ1v) is 16.2. The number of fused-ring (bicyclic) bond motifs is 2. The van der Waals surface area contributed by atoms with Crippen LogP contribution < -0.4 is 15.8 Å². The van der Waals surface area contributed by atoms with Crippen LogP contribution in [0.4, 0.5) is 5.82 Å². The molecule has 2 amide bonds. The number of pyridine rings is 1. The number of Topliss-reactive ketones (excluding diaryl/α,β-unsaturated/α-hetero) is 1. The van der Waals surface area contributed by atoms with Gasteiger partial charge in [-0.05, 0) is 88.8 Å². The molecule has 47 heavy (non-hydrogen) atoms. The number of ketones is 1. The van der Waals surface area contributed by atoms with Gasteiger partial charge in [-0.3, -0.25) is 19.1 Å². The van der Waals surface area contributed by atoms with Crippen LogP contribution in [0, 0.1) is 31.6 Å². The minimum absolute atomic E-state index is 0.0990. The van der Waals surface area contributed by atoms with E-state index in [-0.39, 0.29) is 53.6 Å². The van der Waals surface area contributed by atoms with Gasteiger partial charge in [0.25, 0.3) is 0 Å². The lowest BCUT2D eigenvalue weighted by atomic mass is 10.0. The average molecular weight is 704 g/mol. The Labute approximate surface area is 279 Å². The number of hydrogen-bond acceptors (Lipinski definition) is 10. The van der Waals surface area contributed by atoms with Crippen molar-refractivity contribution in [2.24, 2.45) is 23.5 Å². The van der Waals surface area contributed by atoms with Gasteiger partial charge in [0.2, 0.25) is 11.8 Å². The molecule has 2 aliphatic rings. The lowest BCUT2D eigenvalue weighted by Crippen LogP contribution is -2.47. The number of amides is 2. The van der Waals surface area contributed by atoms with Crippen LogP contribution >= 0.6 is 15.9 Å². The summed E-state index contributed by atoms with van der Waals surface area (Å²) in [6.07, 6.45) is 3.94. The summed E-state index contributed by atoms with van der Waals surface area (Å²) in [4.78, 5) is 66.6. The second kappa shape index (κ2) is 12.6. The minimum atomic E-state index is -0.797. The molecule has 2 fully saturated rings. The quantitative estimate of drug-likeness (QED) is 0.148. The number of esters is 1. The van der Waals surface area contributed by atoms with E-state index in [4.69, 9.17) is 10.5 Å². The number of nitrogens with two attached hydrogens (primary N) is 1. The van der Waals surface area contributed by atoms with Crippen molar-refractivity contribution in [3.63, 3.8) is 0 Å². The third-order valence-corrected chi connectivity index (χ3v) is 9.28. The second-order valence-electron chi connectivity index (χ2n) is 12.6. The fourth-order valence-corrected chi connectivity index (χ4v) is 6.43. The lowest BCUT2D eigenvalue weighted by molar-refractivity contribution is -0.138. The van der Waals surface area contributed by atoms with Gasteiger partial charge in [-0.2, -0.15) is 5.10 Å². The number of halogens is 1. The van der Waals surface area contributed by atoms with Gasteiger partial charge in [-0.25, -0.2) is 19.7 Å². The van der Waals surface area contributed by atoms with Gasteiger partial charge in [0, 0.05) is 36.8 Å². The van der Waals surface area contributed by atoms with E-state index in [9.17, 15) is 19.2 Å². The molecule has 1 aromatic carbocycles. The molecule has 14 heteroatoms. The smallest absolute Gasteiger partial charge is 0.330 e. The number of aromatic nitrogens is 5. The Balaban J connectivity index is 1.24. The monoisotopic (exact) mass is 702 g/mol. The van der Waals surface area contributed by atoms with Crippen molar-refractivity contribution >= 4 is 56.2 Å². The Morgan fingerprint density at radius 2 is 1.81 bits per heavy atom. The van der Waals surface area contributed by atoms with E-state index in [0.717, 1.165) is 17.5 Å². The lowest BCUT2D eigenvalue weighted by Gasteiger charge is -2.27. The van der Waals surface area contributed by atoms with Gasteiger partial charge >= 0.3 is 12.0 Å². The maximum Gasteiger partial charge on any atom is 0.330 e. The third-order valence-electron chi connectivity index (χ3n) is 8.84. The molecule has 6 rings (SSSR count). The van der Waals surface area contributed by atoms with E-state index >= 15 is 0 Å². The summed E-state index contributed by atoms with van der Waals surface area (Å²) in [5.41, 5.74) is 9.66. The van der Waals surface area contributed by atoms with Crippen LogP contribution in [-0.2, 0) is 20.9 Å². The van der Waals surface area contributed by atoms with E-state index in [1.54, 1.807) is 21.7 Å². The molecule has 0 spiro atoms. The normalized spacial score (nSPS) is 19.1. The Morgan fingerprint density at radius 3 is 2.49 bits per heavy atom. The number of hydrogen-bond donors (Lipinski definition) is 2. The molecule has 0 radical (unpaired) electrons. The first kappa shape index (κ1) is 32.4. The highest BCUT2D eigenvalue weighted by Crippen LogP contribution is 2.50. The molecule has 4 atom stereocenters. The van der Waals surface area contributed by atoms with Crippen LogP contribution in [-0.4, -0.2) is 71.8 Å². The van der Waals surface area contributed by atoms with Crippen LogP contribution in [0.15, 0.2) is 41.3 Å². The predicted octanol–water partition coefficient (Wildman–Crippen LogP) is 3.84. The fraction of sp³-hybridized carbons (Fsp3) is 0.394. The zero-order chi connectivity index (χ0) is 33.7. The number of carbonyl (C=O) groups is 4. The summed E-state index contributed by atoms with van der Waals surface area (Å²) in [5.74, 6) is -0.666. The molecule has 0 bridgehead atoms. The summed E-state index contributed by atoms with van der Waals surface area (Å²) in [6.45, 7) is 9.15. The largest absolute Gasteiger partial charge is 0.390 e. The van der Waals surface area contributed by atoms with Gasteiger partial charge in [-0.15, -0.1) is 0 Å². The minimum Gasteiger partial charge on any atom is -0.390 e. The topological polar surface area (TPSA) is 175 Å². The summed E-state index contributed by atoms with van der Waals surface area (Å²) in [6, 6.07) is 5.83. The Morgan fingerprint density at radius 1 is 1.09 bits per heavy atom. The van der Waals surface area contributed by atoms with Crippen molar-refractivity contribution in [2.45, 2.75) is 59.7 Å². The Kier molecular flexibility index (Phi) is 8.66.